The molecule has 38 heavy (non-hydrogen) atoms. The number of rotatable bonds is 8. The second-order valence-electron chi connectivity index (χ2n) is 7.76. The van der Waals surface area contributed by atoms with E-state index in [4.69, 9.17) is 5.73 Å². The first kappa shape index (κ1) is 32.6. The van der Waals surface area contributed by atoms with Gasteiger partial charge in [0.25, 0.3) is 0 Å². The number of hydrogen-bond donors (Lipinski definition) is 3. The minimum atomic E-state index is -0.0510. The number of anilines is 1. The van der Waals surface area contributed by atoms with Crippen molar-refractivity contribution in [3.63, 3.8) is 0 Å². The Morgan fingerprint density at radius 1 is 0.868 bits per heavy atom. The van der Waals surface area contributed by atoms with Crippen LogP contribution >= 0.6 is 39.5 Å². The number of aromatic nitrogens is 1. The van der Waals surface area contributed by atoms with Gasteiger partial charge in [0.2, 0.25) is 0 Å². The van der Waals surface area contributed by atoms with Gasteiger partial charge in [0.1, 0.15) is 12.6 Å². The van der Waals surface area contributed by atoms with Gasteiger partial charge < -0.3 is 26.8 Å². The van der Waals surface area contributed by atoms with E-state index in [1.807, 2.05) is 85.1 Å². The lowest BCUT2D eigenvalue weighted by atomic mass is 10.1. The summed E-state index contributed by atoms with van der Waals surface area (Å²) in [5.41, 5.74) is 18.5. The van der Waals surface area contributed by atoms with Crippen LogP contribution in [0.5, 0.6) is 0 Å². The zero-order valence-corrected chi connectivity index (χ0v) is 24.2. The standard InChI is InChI=1S/C10H10N2S.C9H9BrO.C9H10O.CH4N2S/c11-10-12-7-9(13-10)6-8-4-2-1-3-5-8;10-9(7-11)6-8-4-2-1-3-5-8;10-8-4-7-9-5-2-1-3-6-9;2-1(3)4/h1-5,7H,6H2,(H2,11,12);1-5,7,9H,6H2;1-3,5-6,8H,4,7H2;(H4,2,3,4). The Balaban J connectivity index is 0.000000268. The highest BCUT2D eigenvalue weighted by Crippen LogP contribution is 2.18. The maximum atomic E-state index is 10.3. The van der Waals surface area contributed by atoms with Crippen molar-refractivity contribution >= 4 is 62.3 Å². The molecular weight excluding hydrogens is 580 g/mol. The van der Waals surface area contributed by atoms with Crippen molar-refractivity contribution in [3.05, 3.63) is 119 Å². The van der Waals surface area contributed by atoms with Crippen molar-refractivity contribution in [2.24, 2.45) is 11.5 Å². The van der Waals surface area contributed by atoms with E-state index in [0.717, 1.165) is 31.8 Å². The summed E-state index contributed by atoms with van der Waals surface area (Å²) >= 11 is 8.89. The lowest BCUT2D eigenvalue weighted by Gasteiger charge is -2.00. The first-order chi connectivity index (χ1) is 18.3. The first-order valence-corrected chi connectivity index (χ1v) is 13.9. The van der Waals surface area contributed by atoms with Crippen LogP contribution in [0.25, 0.3) is 0 Å². The van der Waals surface area contributed by atoms with Crippen molar-refractivity contribution in [2.75, 3.05) is 5.73 Å². The van der Waals surface area contributed by atoms with Gasteiger partial charge in [-0.2, -0.15) is 0 Å². The predicted octanol–water partition coefficient (Wildman–Crippen LogP) is 5.51. The number of aldehydes is 2. The Morgan fingerprint density at radius 3 is 1.76 bits per heavy atom. The number of thiazole rings is 1. The molecule has 0 spiro atoms. The normalized spacial score (nSPS) is 10.1. The Hall–Kier alpha value is -3.40. The van der Waals surface area contributed by atoms with Gasteiger partial charge >= 0.3 is 0 Å². The van der Waals surface area contributed by atoms with Gasteiger partial charge in [0, 0.05) is 23.9 Å². The third-order valence-corrected chi connectivity index (χ3v) is 5.97. The third-order valence-electron chi connectivity index (χ3n) is 4.61. The van der Waals surface area contributed by atoms with Crippen molar-refractivity contribution in [2.45, 2.75) is 30.5 Å². The molecule has 6 nitrogen and oxygen atoms in total. The van der Waals surface area contributed by atoms with Crippen LogP contribution in [-0.4, -0.2) is 27.5 Å². The maximum absolute atomic E-state index is 10.3. The van der Waals surface area contributed by atoms with Gasteiger partial charge in [-0.3, -0.25) is 0 Å². The van der Waals surface area contributed by atoms with E-state index in [0.29, 0.717) is 11.6 Å². The molecule has 0 amide bonds. The fourth-order valence-corrected chi connectivity index (χ4v) is 4.05. The number of aryl methyl sites for hydroxylation is 1. The molecule has 1 unspecified atom stereocenters. The van der Waals surface area contributed by atoms with Crippen LogP contribution in [0.2, 0.25) is 0 Å². The van der Waals surface area contributed by atoms with Gasteiger partial charge in [-0.15, -0.1) is 11.3 Å². The Labute approximate surface area is 242 Å². The number of alkyl halides is 1. The van der Waals surface area contributed by atoms with Crippen LogP contribution in [0, 0.1) is 0 Å². The molecule has 0 fully saturated rings. The second kappa shape index (κ2) is 20.6. The van der Waals surface area contributed by atoms with Gasteiger partial charge in [0.15, 0.2) is 10.2 Å². The van der Waals surface area contributed by atoms with E-state index in [-0.39, 0.29) is 9.94 Å². The Morgan fingerprint density at radius 2 is 1.34 bits per heavy atom. The van der Waals surface area contributed by atoms with Gasteiger partial charge in [-0.25, -0.2) is 4.98 Å². The molecule has 0 aliphatic rings. The highest BCUT2D eigenvalue weighted by molar-refractivity contribution is 9.09. The molecule has 4 rings (SSSR count). The summed E-state index contributed by atoms with van der Waals surface area (Å²) in [5.74, 6) is 0. The molecule has 1 atom stereocenters. The monoisotopic (exact) mass is 612 g/mol. The number of nitrogen functional groups attached to an aromatic ring is 1. The molecule has 4 aromatic rings. The van der Waals surface area contributed by atoms with E-state index in [2.05, 4.69) is 56.7 Å². The number of carbonyl (C=O) groups is 2. The van der Waals surface area contributed by atoms with Crippen LogP contribution < -0.4 is 17.2 Å². The van der Waals surface area contributed by atoms with E-state index < -0.39 is 0 Å². The first-order valence-electron chi connectivity index (χ1n) is 11.7. The molecule has 1 aromatic heterocycles. The fourth-order valence-electron chi connectivity index (χ4n) is 2.96. The van der Waals surface area contributed by atoms with Crippen molar-refractivity contribution in [1.29, 1.82) is 0 Å². The van der Waals surface area contributed by atoms with Crippen molar-refractivity contribution in [1.82, 2.24) is 4.98 Å². The summed E-state index contributed by atoms with van der Waals surface area (Å²) in [4.78, 5) is 25.4. The van der Waals surface area contributed by atoms with Crippen LogP contribution in [0.4, 0.5) is 5.13 Å². The molecular formula is C29H33BrN4O2S2. The summed E-state index contributed by atoms with van der Waals surface area (Å²) in [6, 6.07) is 30.3. The number of halogens is 1. The molecule has 0 aliphatic carbocycles. The highest BCUT2D eigenvalue weighted by atomic mass is 79.9. The zero-order valence-electron chi connectivity index (χ0n) is 21.0. The lowest BCUT2D eigenvalue weighted by molar-refractivity contribution is -0.108. The van der Waals surface area contributed by atoms with E-state index >= 15 is 0 Å². The average molecular weight is 614 g/mol. The second-order valence-corrected chi connectivity index (χ2v) is 10.6. The largest absolute Gasteiger partial charge is 0.377 e. The fraction of sp³-hybridized carbons (Fsp3) is 0.172. The van der Waals surface area contributed by atoms with Gasteiger partial charge in [0.05, 0.1) is 4.83 Å². The van der Waals surface area contributed by atoms with Crippen molar-refractivity contribution in [3.8, 4) is 0 Å². The molecule has 0 bridgehead atoms. The lowest BCUT2D eigenvalue weighted by Crippen LogP contribution is -2.18. The minimum Gasteiger partial charge on any atom is -0.377 e. The van der Waals surface area contributed by atoms with Crippen molar-refractivity contribution < 1.29 is 9.59 Å². The number of benzene rings is 3. The van der Waals surface area contributed by atoms with Crippen LogP contribution in [0.3, 0.4) is 0 Å². The van der Waals surface area contributed by atoms with Crippen LogP contribution in [-0.2, 0) is 28.9 Å². The predicted molar refractivity (Wildman–Crippen MR) is 166 cm³/mol. The minimum absolute atomic E-state index is 0.000000000000000222. The summed E-state index contributed by atoms with van der Waals surface area (Å²) in [6.45, 7) is 0. The molecule has 9 heteroatoms. The third kappa shape index (κ3) is 17.1. The molecule has 200 valence electrons. The number of nitrogens with two attached hydrogens (primary N) is 3. The van der Waals surface area contributed by atoms with Gasteiger partial charge in [-0.05, 0) is 41.7 Å². The molecule has 0 radical (unpaired) electrons. The SMILES string of the molecule is NC(N)=S.Nc1ncc(Cc2ccccc2)s1.O=CC(Br)Cc1ccccc1.O=CCCc1ccccc1. The summed E-state index contributed by atoms with van der Waals surface area (Å²) in [5, 5.41) is 0.644. The van der Waals surface area contributed by atoms with E-state index in [1.165, 1.54) is 21.6 Å². The Bertz CT molecular complexity index is 1170. The summed E-state index contributed by atoms with van der Waals surface area (Å²) < 4.78 is 0. The van der Waals surface area contributed by atoms with E-state index in [1.54, 1.807) is 11.3 Å². The molecule has 3 aromatic carbocycles. The van der Waals surface area contributed by atoms with Gasteiger partial charge in [-0.1, -0.05) is 107 Å². The number of thiocarbonyl (C=S) groups is 1. The molecule has 6 N–H and O–H groups in total. The van der Waals surface area contributed by atoms with Crippen LogP contribution in [0.15, 0.2) is 97.2 Å². The quantitative estimate of drug-likeness (QED) is 0.136. The average Bonchev–Trinajstić information content (AvgIpc) is 3.34. The molecule has 0 saturated heterocycles. The van der Waals surface area contributed by atoms with Crippen LogP contribution in [0.1, 0.15) is 28.0 Å². The summed E-state index contributed by atoms with van der Waals surface area (Å²) in [7, 11) is 0. The Kier molecular flexibility index (Phi) is 17.7. The number of carbonyl (C=O) groups excluding carboxylic acids is 2. The topological polar surface area (TPSA) is 125 Å². The zero-order chi connectivity index (χ0) is 28.0. The number of hydrogen-bond acceptors (Lipinski definition) is 6. The summed E-state index contributed by atoms with van der Waals surface area (Å²) in [6.07, 6.45) is 6.89. The maximum Gasteiger partial charge on any atom is 0.180 e. The molecule has 0 saturated carbocycles. The smallest absolute Gasteiger partial charge is 0.180 e. The number of nitrogens with zero attached hydrogens (tertiary/aromatic N) is 1. The van der Waals surface area contributed by atoms with E-state index in [9.17, 15) is 9.59 Å². The highest BCUT2D eigenvalue weighted by Gasteiger charge is 2.01. The molecule has 1 heterocycles. The molecule has 0 aliphatic heterocycles.